The van der Waals surface area contributed by atoms with Gasteiger partial charge in [0.15, 0.2) is 11.5 Å². The molecular weight excluding hydrogens is 255 g/mol. The van der Waals surface area contributed by atoms with Crippen molar-refractivity contribution in [1.29, 1.82) is 0 Å². The van der Waals surface area contributed by atoms with Crippen LogP contribution in [0.1, 0.15) is 20.8 Å². The van der Waals surface area contributed by atoms with Crippen LogP contribution in [0, 0.1) is 5.95 Å². The number of carboxylic acids is 1. The summed E-state index contributed by atoms with van der Waals surface area (Å²) in [5.41, 5.74) is -0.403. The third-order valence-electron chi connectivity index (χ3n) is 2.12. The van der Waals surface area contributed by atoms with Crippen molar-refractivity contribution in [2.24, 2.45) is 0 Å². The summed E-state index contributed by atoms with van der Waals surface area (Å²) in [6.45, 7) is 0. The quantitative estimate of drug-likeness (QED) is 0.798. The first-order chi connectivity index (χ1) is 9.08. The fraction of sp³-hybridized carbons (Fsp3) is 0. The maximum Gasteiger partial charge on any atom is 0.358 e. The van der Waals surface area contributed by atoms with Gasteiger partial charge in [0.05, 0.1) is 0 Å². The number of carbonyl (C=O) groups excluding carboxylic acids is 1. The van der Waals surface area contributed by atoms with E-state index in [-0.39, 0.29) is 11.4 Å². The molecule has 1 amide bonds. The molecular formula is C11H7FN4O3. The molecule has 0 radical (unpaired) electrons. The normalized spacial score (nSPS) is 9.95. The summed E-state index contributed by atoms with van der Waals surface area (Å²) in [6, 6.07) is 2.21. The maximum absolute atomic E-state index is 12.9. The van der Waals surface area contributed by atoms with Gasteiger partial charge < -0.3 is 10.4 Å². The van der Waals surface area contributed by atoms with E-state index in [9.17, 15) is 14.0 Å². The first-order valence-electron chi connectivity index (χ1n) is 5.05. The van der Waals surface area contributed by atoms with E-state index in [2.05, 4.69) is 20.3 Å². The maximum atomic E-state index is 12.9. The molecule has 19 heavy (non-hydrogen) atoms. The van der Waals surface area contributed by atoms with Gasteiger partial charge in [0.1, 0.15) is 0 Å². The number of rotatable bonds is 3. The second-order valence-corrected chi connectivity index (χ2v) is 3.38. The number of carboxylic acid groups (broad SMARTS) is 1. The van der Waals surface area contributed by atoms with Gasteiger partial charge in [-0.05, 0) is 6.07 Å². The lowest BCUT2D eigenvalue weighted by Gasteiger charge is -2.06. The number of amides is 1. The minimum Gasteiger partial charge on any atom is -0.476 e. The monoisotopic (exact) mass is 262 g/mol. The van der Waals surface area contributed by atoms with E-state index in [4.69, 9.17) is 5.11 Å². The standard InChI is InChI=1S/C11H7FN4O3/c12-7-5-6(1-2-13-7)10(17)16-9-8(11(18)19)14-3-4-15-9/h1-5H,(H,18,19)(H,15,16,17). The van der Waals surface area contributed by atoms with Gasteiger partial charge in [0.25, 0.3) is 5.91 Å². The summed E-state index contributed by atoms with van der Waals surface area (Å²) >= 11 is 0. The summed E-state index contributed by atoms with van der Waals surface area (Å²) in [4.78, 5) is 33.2. The molecule has 0 saturated carbocycles. The zero-order valence-electron chi connectivity index (χ0n) is 9.37. The molecule has 0 unspecified atom stereocenters. The number of aromatic carboxylic acids is 1. The zero-order valence-corrected chi connectivity index (χ0v) is 9.37. The van der Waals surface area contributed by atoms with Crippen molar-refractivity contribution in [2.45, 2.75) is 0 Å². The molecule has 8 heteroatoms. The molecule has 0 saturated heterocycles. The Hall–Kier alpha value is -2.90. The number of nitrogens with zero attached hydrogens (tertiary/aromatic N) is 3. The second-order valence-electron chi connectivity index (χ2n) is 3.38. The van der Waals surface area contributed by atoms with Crippen LogP contribution in [-0.4, -0.2) is 31.9 Å². The van der Waals surface area contributed by atoms with Crippen LogP contribution in [0.3, 0.4) is 0 Å². The summed E-state index contributed by atoms with van der Waals surface area (Å²) < 4.78 is 12.9. The molecule has 2 heterocycles. The fourth-order valence-corrected chi connectivity index (χ4v) is 1.31. The summed E-state index contributed by atoms with van der Waals surface area (Å²) in [5, 5.41) is 11.1. The molecule has 96 valence electrons. The number of hydrogen-bond donors (Lipinski definition) is 2. The SMILES string of the molecule is O=C(Nc1nccnc1C(=O)O)c1ccnc(F)c1. The molecule has 2 rings (SSSR count). The van der Waals surface area contributed by atoms with Gasteiger partial charge in [-0.15, -0.1) is 0 Å². The predicted octanol–water partition coefficient (Wildman–Crippen LogP) is 0.961. The van der Waals surface area contributed by atoms with Gasteiger partial charge in [-0.2, -0.15) is 4.39 Å². The number of pyridine rings is 1. The van der Waals surface area contributed by atoms with Gasteiger partial charge in [-0.25, -0.2) is 19.7 Å². The largest absolute Gasteiger partial charge is 0.476 e. The Morgan fingerprint density at radius 3 is 2.58 bits per heavy atom. The summed E-state index contributed by atoms with van der Waals surface area (Å²) in [6.07, 6.45) is 3.54. The van der Waals surface area contributed by atoms with E-state index in [0.29, 0.717) is 0 Å². The number of anilines is 1. The molecule has 0 atom stereocenters. The molecule has 0 aliphatic carbocycles. The van der Waals surface area contributed by atoms with Crippen LogP contribution in [0.5, 0.6) is 0 Å². The number of aromatic nitrogens is 3. The lowest BCUT2D eigenvalue weighted by atomic mass is 10.2. The van der Waals surface area contributed by atoms with Crippen molar-refractivity contribution in [3.05, 3.63) is 47.9 Å². The average Bonchev–Trinajstić information content (AvgIpc) is 2.39. The molecule has 2 N–H and O–H groups in total. The Bertz CT molecular complexity index is 647. The van der Waals surface area contributed by atoms with E-state index in [1.165, 1.54) is 18.5 Å². The molecule has 7 nitrogen and oxygen atoms in total. The Morgan fingerprint density at radius 2 is 1.89 bits per heavy atom. The predicted molar refractivity (Wildman–Crippen MR) is 61.1 cm³/mol. The molecule has 0 aliphatic rings. The van der Waals surface area contributed by atoms with Gasteiger partial charge in [-0.3, -0.25) is 4.79 Å². The van der Waals surface area contributed by atoms with Crippen molar-refractivity contribution in [3.8, 4) is 0 Å². The van der Waals surface area contributed by atoms with Crippen LogP contribution < -0.4 is 5.32 Å². The van der Waals surface area contributed by atoms with Crippen molar-refractivity contribution in [2.75, 3.05) is 5.32 Å². The van der Waals surface area contributed by atoms with Gasteiger partial charge in [-0.1, -0.05) is 0 Å². The number of halogens is 1. The molecule has 0 aromatic carbocycles. The molecule has 0 spiro atoms. The van der Waals surface area contributed by atoms with E-state index in [1.807, 2.05) is 0 Å². The van der Waals surface area contributed by atoms with E-state index in [0.717, 1.165) is 12.3 Å². The molecule has 0 fully saturated rings. The minimum atomic E-state index is -1.33. The van der Waals surface area contributed by atoms with Gasteiger partial charge in [0, 0.05) is 30.2 Å². The highest BCUT2D eigenvalue weighted by Crippen LogP contribution is 2.10. The minimum absolute atomic E-state index is 0.00510. The van der Waals surface area contributed by atoms with E-state index >= 15 is 0 Å². The van der Waals surface area contributed by atoms with E-state index in [1.54, 1.807) is 0 Å². The van der Waals surface area contributed by atoms with Gasteiger partial charge in [0.2, 0.25) is 5.95 Å². The lowest BCUT2D eigenvalue weighted by Crippen LogP contribution is -2.17. The topological polar surface area (TPSA) is 105 Å². The van der Waals surface area contributed by atoms with Gasteiger partial charge >= 0.3 is 5.97 Å². The molecule has 0 bridgehead atoms. The van der Waals surface area contributed by atoms with E-state index < -0.39 is 23.5 Å². The Morgan fingerprint density at radius 1 is 1.16 bits per heavy atom. The van der Waals surface area contributed by atoms with Crippen LogP contribution >= 0.6 is 0 Å². The Labute approximate surface area is 106 Å². The third kappa shape index (κ3) is 2.86. The third-order valence-corrected chi connectivity index (χ3v) is 2.12. The van der Waals surface area contributed by atoms with Crippen LogP contribution in [0.25, 0.3) is 0 Å². The number of hydrogen-bond acceptors (Lipinski definition) is 5. The van der Waals surface area contributed by atoms with Crippen LogP contribution in [-0.2, 0) is 0 Å². The number of nitrogens with one attached hydrogen (secondary N) is 1. The van der Waals surface area contributed by atoms with Crippen LogP contribution in [0.4, 0.5) is 10.2 Å². The number of carbonyl (C=O) groups is 2. The van der Waals surface area contributed by atoms with Crippen molar-refractivity contribution in [3.63, 3.8) is 0 Å². The molecule has 2 aromatic rings. The molecule has 2 aromatic heterocycles. The Kier molecular flexibility index (Phi) is 3.42. The average molecular weight is 262 g/mol. The Balaban J connectivity index is 2.27. The highest BCUT2D eigenvalue weighted by Gasteiger charge is 2.16. The van der Waals surface area contributed by atoms with Crippen molar-refractivity contribution in [1.82, 2.24) is 15.0 Å². The fourth-order valence-electron chi connectivity index (χ4n) is 1.31. The van der Waals surface area contributed by atoms with Crippen LogP contribution in [0.2, 0.25) is 0 Å². The first kappa shape index (κ1) is 12.6. The van der Waals surface area contributed by atoms with Crippen LogP contribution in [0.15, 0.2) is 30.7 Å². The first-order valence-corrected chi connectivity index (χ1v) is 5.05. The summed E-state index contributed by atoms with van der Waals surface area (Å²) in [5.74, 6) is -3.06. The van der Waals surface area contributed by atoms with Crippen molar-refractivity contribution >= 4 is 17.7 Å². The molecule has 0 aliphatic heterocycles. The highest BCUT2D eigenvalue weighted by atomic mass is 19.1. The second kappa shape index (κ2) is 5.17. The highest BCUT2D eigenvalue weighted by molar-refractivity contribution is 6.06. The summed E-state index contributed by atoms with van der Waals surface area (Å²) in [7, 11) is 0. The smallest absolute Gasteiger partial charge is 0.358 e. The van der Waals surface area contributed by atoms with Crippen molar-refractivity contribution < 1.29 is 19.1 Å². The zero-order chi connectivity index (χ0) is 13.8. The lowest BCUT2D eigenvalue weighted by molar-refractivity contribution is 0.0691.